The predicted molar refractivity (Wildman–Crippen MR) is 188 cm³/mol. The highest BCUT2D eigenvalue weighted by atomic mass is 32.2. The number of carbonyl (C=O) groups excluding carboxylic acids is 2. The zero-order valence-electron chi connectivity index (χ0n) is 27.3. The van der Waals surface area contributed by atoms with Crippen LogP contribution >= 0.6 is 0 Å². The Kier molecular flexibility index (Phi) is 11.4. The number of amides is 2. The second kappa shape index (κ2) is 16.1. The first-order valence-electron chi connectivity index (χ1n) is 15.9. The van der Waals surface area contributed by atoms with Crippen LogP contribution in [0.25, 0.3) is 0 Å². The standard InChI is InChI=1S/C39H38FN3O5S/c1-29(2)41-39(45)37(26-30-12-6-3-7-13-30)42(27-31-18-20-32(40)21-19-31)38(44)28-43(49(46,47)36-16-10-5-11-17-36)33-22-24-35(25-23-33)48-34-14-8-4-9-15-34/h3-25,29,37H,26-28H2,1-2H3,(H,41,45)/t37-/m0/s1. The molecule has 0 spiro atoms. The van der Waals surface area contributed by atoms with Crippen molar-refractivity contribution in [3.63, 3.8) is 0 Å². The lowest BCUT2D eigenvalue weighted by molar-refractivity contribution is -0.140. The molecule has 2 amide bonds. The number of sulfonamides is 1. The van der Waals surface area contributed by atoms with Crippen molar-refractivity contribution in [2.75, 3.05) is 10.8 Å². The van der Waals surface area contributed by atoms with Crippen LogP contribution in [0.1, 0.15) is 25.0 Å². The quantitative estimate of drug-likeness (QED) is 0.137. The third-order valence-electron chi connectivity index (χ3n) is 7.68. The summed E-state index contributed by atoms with van der Waals surface area (Å²) in [6.45, 7) is 2.97. The highest BCUT2D eigenvalue weighted by molar-refractivity contribution is 7.92. The van der Waals surface area contributed by atoms with Crippen molar-refractivity contribution in [2.24, 2.45) is 0 Å². The van der Waals surface area contributed by atoms with E-state index in [9.17, 15) is 22.4 Å². The zero-order chi connectivity index (χ0) is 34.8. The Bertz CT molecular complexity index is 1920. The van der Waals surface area contributed by atoms with Gasteiger partial charge in [-0.2, -0.15) is 0 Å². The topological polar surface area (TPSA) is 96.0 Å². The molecule has 5 aromatic carbocycles. The van der Waals surface area contributed by atoms with Crippen LogP contribution in [0.5, 0.6) is 11.5 Å². The minimum Gasteiger partial charge on any atom is -0.457 e. The van der Waals surface area contributed by atoms with Crippen molar-refractivity contribution in [1.82, 2.24) is 10.2 Å². The van der Waals surface area contributed by atoms with Crippen LogP contribution in [0.15, 0.2) is 144 Å². The Morgan fingerprint density at radius 3 is 1.86 bits per heavy atom. The van der Waals surface area contributed by atoms with Crippen molar-refractivity contribution in [3.05, 3.63) is 156 Å². The smallest absolute Gasteiger partial charge is 0.264 e. The van der Waals surface area contributed by atoms with E-state index in [0.717, 1.165) is 9.87 Å². The fourth-order valence-corrected chi connectivity index (χ4v) is 6.71. The Hall–Kier alpha value is -5.48. The molecule has 0 saturated heterocycles. The SMILES string of the molecule is CC(C)NC(=O)[C@H](Cc1ccccc1)N(Cc1ccc(F)cc1)C(=O)CN(c1ccc(Oc2ccccc2)cc1)S(=O)(=O)c1ccccc1. The molecule has 0 radical (unpaired) electrons. The summed E-state index contributed by atoms with van der Waals surface area (Å²) in [5.41, 5.74) is 1.61. The van der Waals surface area contributed by atoms with Gasteiger partial charge in [-0.15, -0.1) is 0 Å². The number of rotatable bonds is 14. The van der Waals surface area contributed by atoms with Crippen molar-refractivity contribution in [2.45, 2.75) is 43.8 Å². The average molecular weight is 680 g/mol. The molecule has 5 aromatic rings. The molecule has 10 heteroatoms. The highest BCUT2D eigenvalue weighted by Gasteiger charge is 2.34. The molecule has 0 fully saturated rings. The molecule has 0 aliphatic heterocycles. The Labute approximate surface area is 286 Å². The van der Waals surface area contributed by atoms with Gasteiger partial charge in [0.05, 0.1) is 10.6 Å². The van der Waals surface area contributed by atoms with Crippen LogP contribution in [0, 0.1) is 5.82 Å². The number of hydrogen-bond acceptors (Lipinski definition) is 5. The maximum Gasteiger partial charge on any atom is 0.264 e. The van der Waals surface area contributed by atoms with E-state index >= 15 is 0 Å². The van der Waals surface area contributed by atoms with E-state index in [0.29, 0.717) is 17.1 Å². The van der Waals surface area contributed by atoms with E-state index in [1.54, 1.807) is 66.7 Å². The molecule has 1 N–H and O–H groups in total. The second-order valence-corrected chi connectivity index (χ2v) is 13.6. The normalized spacial score (nSPS) is 11.8. The molecule has 0 bridgehead atoms. The van der Waals surface area contributed by atoms with Crippen molar-refractivity contribution >= 4 is 27.5 Å². The predicted octanol–water partition coefficient (Wildman–Crippen LogP) is 6.98. The molecule has 49 heavy (non-hydrogen) atoms. The summed E-state index contributed by atoms with van der Waals surface area (Å²) in [5.74, 6) is -0.369. The Balaban J connectivity index is 1.54. The minimum absolute atomic E-state index is 0.00381. The summed E-state index contributed by atoms with van der Waals surface area (Å²) in [6.07, 6.45) is 0.170. The lowest BCUT2D eigenvalue weighted by Gasteiger charge is -2.34. The molecular formula is C39H38FN3O5S. The van der Waals surface area contributed by atoms with Crippen molar-refractivity contribution in [1.29, 1.82) is 0 Å². The van der Waals surface area contributed by atoms with E-state index < -0.39 is 40.2 Å². The zero-order valence-corrected chi connectivity index (χ0v) is 28.1. The molecule has 1 atom stereocenters. The monoisotopic (exact) mass is 679 g/mol. The first-order chi connectivity index (χ1) is 23.6. The summed E-state index contributed by atoms with van der Waals surface area (Å²) in [7, 11) is -4.26. The number of hydrogen-bond donors (Lipinski definition) is 1. The maximum absolute atomic E-state index is 14.5. The van der Waals surface area contributed by atoms with E-state index in [1.807, 2.05) is 62.4 Å². The number of nitrogens with zero attached hydrogens (tertiary/aromatic N) is 2. The number of anilines is 1. The molecule has 0 aromatic heterocycles. The van der Waals surface area contributed by atoms with E-state index in [2.05, 4.69) is 5.32 Å². The number of carbonyl (C=O) groups is 2. The molecule has 252 valence electrons. The lowest BCUT2D eigenvalue weighted by Crippen LogP contribution is -2.54. The molecule has 0 aliphatic carbocycles. The van der Waals surface area contributed by atoms with Gasteiger partial charge in [0.2, 0.25) is 11.8 Å². The van der Waals surface area contributed by atoms with Crippen LogP contribution < -0.4 is 14.4 Å². The van der Waals surface area contributed by atoms with Crippen LogP contribution in [0.4, 0.5) is 10.1 Å². The van der Waals surface area contributed by atoms with Gasteiger partial charge >= 0.3 is 0 Å². The summed E-state index contributed by atoms with van der Waals surface area (Å²) in [5, 5.41) is 2.92. The Morgan fingerprint density at radius 2 is 1.27 bits per heavy atom. The highest BCUT2D eigenvalue weighted by Crippen LogP contribution is 2.29. The number of halogens is 1. The van der Waals surface area contributed by atoms with Gasteiger partial charge in [0.1, 0.15) is 29.9 Å². The van der Waals surface area contributed by atoms with Crippen LogP contribution in [0.2, 0.25) is 0 Å². The minimum atomic E-state index is -4.26. The second-order valence-electron chi connectivity index (χ2n) is 11.8. The van der Waals surface area contributed by atoms with E-state index in [-0.39, 0.29) is 29.6 Å². The molecule has 0 unspecified atom stereocenters. The fraction of sp³-hybridized carbons (Fsp3) is 0.179. The van der Waals surface area contributed by atoms with Crippen LogP contribution in [0.3, 0.4) is 0 Å². The number of benzene rings is 5. The lowest BCUT2D eigenvalue weighted by atomic mass is 10.0. The number of ether oxygens (including phenoxy) is 1. The number of para-hydroxylation sites is 1. The summed E-state index contributed by atoms with van der Waals surface area (Å²) in [6, 6.07) is 37.1. The van der Waals surface area contributed by atoms with Gasteiger partial charge in [0, 0.05) is 19.0 Å². The number of nitrogens with one attached hydrogen (secondary N) is 1. The first kappa shape index (κ1) is 34.8. The average Bonchev–Trinajstić information content (AvgIpc) is 3.11. The molecule has 5 rings (SSSR count). The van der Waals surface area contributed by atoms with Gasteiger partial charge in [0.25, 0.3) is 10.0 Å². The Morgan fingerprint density at radius 1 is 0.714 bits per heavy atom. The summed E-state index contributed by atoms with van der Waals surface area (Å²) < 4.78 is 49.2. The largest absolute Gasteiger partial charge is 0.457 e. The van der Waals surface area contributed by atoms with Gasteiger partial charge < -0.3 is 15.0 Å². The maximum atomic E-state index is 14.5. The van der Waals surface area contributed by atoms with Gasteiger partial charge in [-0.3, -0.25) is 13.9 Å². The molecule has 0 aliphatic rings. The third-order valence-corrected chi connectivity index (χ3v) is 9.47. The van der Waals surface area contributed by atoms with Gasteiger partial charge in [-0.05, 0) is 85.6 Å². The molecular weight excluding hydrogens is 642 g/mol. The molecule has 0 saturated carbocycles. The van der Waals surface area contributed by atoms with Gasteiger partial charge in [-0.25, -0.2) is 12.8 Å². The van der Waals surface area contributed by atoms with E-state index in [1.165, 1.54) is 29.2 Å². The fourth-order valence-electron chi connectivity index (χ4n) is 5.27. The van der Waals surface area contributed by atoms with Gasteiger partial charge in [-0.1, -0.05) is 78.9 Å². The van der Waals surface area contributed by atoms with Crippen LogP contribution in [-0.4, -0.2) is 43.8 Å². The van der Waals surface area contributed by atoms with Gasteiger partial charge in [0.15, 0.2) is 0 Å². The third kappa shape index (κ3) is 9.33. The summed E-state index contributed by atoms with van der Waals surface area (Å²) >= 11 is 0. The van der Waals surface area contributed by atoms with Crippen molar-refractivity contribution in [3.8, 4) is 11.5 Å². The molecule has 0 heterocycles. The van der Waals surface area contributed by atoms with Crippen molar-refractivity contribution < 1.29 is 27.1 Å². The molecule has 8 nitrogen and oxygen atoms in total. The summed E-state index contributed by atoms with van der Waals surface area (Å²) in [4.78, 5) is 29.7. The van der Waals surface area contributed by atoms with E-state index in [4.69, 9.17) is 4.74 Å². The first-order valence-corrected chi connectivity index (χ1v) is 17.3. The van der Waals surface area contributed by atoms with Crippen LogP contribution in [-0.2, 0) is 32.6 Å².